The maximum Gasteiger partial charge on any atom is 0.155 e. The standard InChI is InChI=1S/C22H30O4/c1-3-18(25)17-7-6-16-15-5-4-13-10-14(24)8-9-21(13,2)20(15)19(26)11-22(16,17)12-23/h10,12,15-17,19-20,26H,3-9,11H2,1-2H3/t15-,16-,17+,19-,20+,21-,22+/m0/s1. The van der Waals surface area contributed by atoms with Crippen LogP contribution in [0.25, 0.3) is 0 Å². The fraction of sp³-hybridized carbons (Fsp3) is 0.773. The summed E-state index contributed by atoms with van der Waals surface area (Å²) in [5, 5.41) is 11.2. The van der Waals surface area contributed by atoms with E-state index in [9.17, 15) is 19.5 Å². The average Bonchev–Trinajstić information content (AvgIpc) is 3.00. The smallest absolute Gasteiger partial charge is 0.155 e. The molecule has 0 heterocycles. The van der Waals surface area contributed by atoms with Gasteiger partial charge in [-0.15, -0.1) is 0 Å². The van der Waals surface area contributed by atoms with Crippen LogP contribution in [0, 0.1) is 34.5 Å². The van der Waals surface area contributed by atoms with Gasteiger partial charge in [-0.1, -0.05) is 19.4 Å². The third-order valence-corrected chi connectivity index (χ3v) is 8.46. The van der Waals surface area contributed by atoms with Crippen LogP contribution in [0.2, 0.25) is 0 Å². The number of hydrogen-bond donors (Lipinski definition) is 1. The highest BCUT2D eigenvalue weighted by Gasteiger charge is 2.64. The van der Waals surface area contributed by atoms with Crippen molar-refractivity contribution in [2.24, 2.45) is 34.5 Å². The number of fused-ring (bicyclic) bond motifs is 5. The van der Waals surface area contributed by atoms with Crippen molar-refractivity contribution < 1.29 is 19.5 Å². The number of allylic oxidation sites excluding steroid dienone is 1. The summed E-state index contributed by atoms with van der Waals surface area (Å²) in [5.74, 6) is 0.736. The van der Waals surface area contributed by atoms with Crippen LogP contribution in [-0.2, 0) is 14.4 Å². The molecular weight excluding hydrogens is 328 g/mol. The fourth-order valence-corrected chi connectivity index (χ4v) is 7.31. The first-order chi connectivity index (χ1) is 12.4. The molecule has 26 heavy (non-hydrogen) atoms. The van der Waals surface area contributed by atoms with E-state index in [1.165, 1.54) is 5.57 Å². The summed E-state index contributed by atoms with van der Waals surface area (Å²) in [5.41, 5.74) is 0.389. The molecular formula is C22H30O4. The summed E-state index contributed by atoms with van der Waals surface area (Å²) >= 11 is 0. The molecule has 4 aliphatic carbocycles. The second kappa shape index (κ2) is 6.12. The molecule has 0 spiro atoms. The summed E-state index contributed by atoms with van der Waals surface area (Å²) in [6, 6.07) is 0. The summed E-state index contributed by atoms with van der Waals surface area (Å²) < 4.78 is 0. The van der Waals surface area contributed by atoms with Crippen LogP contribution in [0.3, 0.4) is 0 Å². The molecule has 0 aliphatic heterocycles. The van der Waals surface area contributed by atoms with Crippen LogP contribution in [0.5, 0.6) is 0 Å². The van der Waals surface area contributed by atoms with E-state index in [1.807, 2.05) is 13.0 Å². The highest BCUT2D eigenvalue weighted by atomic mass is 16.3. The number of ketones is 2. The van der Waals surface area contributed by atoms with Crippen LogP contribution in [-0.4, -0.2) is 29.1 Å². The van der Waals surface area contributed by atoms with Crippen LogP contribution >= 0.6 is 0 Å². The minimum atomic E-state index is -0.671. The molecule has 4 heteroatoms. The van der Waals surface area contributed by atoms with Gasteiger partial charge in [-0.3, -0.25) is 9.59 Å². The van der Waals surface area contributed by atoms with Gasteiger partial charge in [-0.2, -0.15) is 0 Å². The van der Waals surface area contributed by atoms with Crippen LogP contribution in [0.4, 0.5) is 0 Å². The number of carbonyl (C=O) groups is 3. The van der Waals surface area contributed by atoms with E-state index in [4.69, 9.17) is 0 Å². The Morgan fingerprint density at radius 2 is 2.08 bits per heavy atom. The first kappa shape index (κ1) is 18.1. The highest BCUT2D eigenvalue weighted by Crippen LogP contribution is 2.66. The summed E-state index contributed by atoms with van der Waals surface area (Å²) in [6.45, 7) is 4.08. The molecule has 3 fully saturated rings. The summed E-state index contributed by atoms with van der Waals surface area (Å²) in [6.07, 6.45) is 8.00. The SMILES string of the molecule is CCC(=O)[C@H]1CC[C@H]2[C@@H]3CCC4=CC(=O)CC[C@]4(C)[C@H]3[C@@H](O)C[C@]12C=O. The van der Waals surface area contributed by atoms with Gasteiger partial charge in [0.25, 0.3) is 0 Å². The zero-order chi connectivity index (χ0) is 18.7. The maximum absolute atomic E-state index is 12.5. The first-order valence-corrected chi connectivity index (χ1v) is 10.3. The van der Waals surface area contributed by atoms with E-state index in [1.54, 1.807) is 0 Å². The first-order valence-electron chi connectivity index (χ1n) is 10.3. The van der Waals surface area contributed by atoms with Crippen molar-refractivity contribution in [3.8, 4) is 0 Å². The van der Waals surface area contributed by atoms with Crippen molar-refractivity contribution in [3.05, 3.63) is 11.6 Å². The van der Waals surface area contributed by atoms with Crippen LogP contribution in [0.1, 0.15) is 65.2 Å². The second-order valence-corrected chi connectivity index (χ2v) is 9.34. The number of aldehydes is 1. The van der Waals surface area contributed by atoms with Crippen LogP contribution in [0.15, 0.2) is 11.6 Å². The van der Waals surface area contributed by atoms with Gasteiger partial charge >= 0.3 is 0 Å². The summed E-state index contributed by atoms with van der Waals surface area (Å²) in [7, 11) is 0. The normalized spacial score (nSPS) is 47.4. The van der Waals surface area contributed by atoms with Gasteiger partial charge in [0, 0.05) is 24.2 Å². The lowest BCUT2D eigenvalue weighted by Crippen LogP contribution is -2.58. The molecule has 0 aromatic carbocycles. The van der Waals surface area contributed by atoms with Gasteiger partial charge in [0.2, 0.25) is 0 Å². The van der Waals surface area contributed by atoms with E-state index in [0.29, 0.717) is 19.3 Å². The third-order valence-electron chi connectivity index (χ3n) is 8.46. The van der Waals surface area contributed by atoms with Gasteiger partial charge in [0.05, 0.1) is 6.10 Å². The quantitative estimate of drug-likeness (QED) is 0.786. The number of aliphatic hydroxyl groups is 1. The predicted molar refractivity (Wildman–Crippen MR) is 97.3 cm³/mol. The lowest BCUT2D eigenvalue weighted by Gasteiger charge is -2.59. The third kappa shape index (κ3) is 2.27. The molecule has 0 aromatic heterocycles. The fourth-order valence-electron chi connectivity index (χ4n) is 7.31. The molecule has 1 N–H and O–H groups in total. The van der Waals surface area contributed by atoms with Gasteiger partial charge in [0.1, 0.15) is 12.1 Å². The number of rotatable bonds is 3. The monoisotopic (exact) mass is 358 g/mol. The van der Waals surface area contributed by atoms with Gasteiger partial charge in [0.15, 0.2) is 5.78 Å². The van der Waals surface area contributed by atoms with Crippen molar-refractivity contribution >= 4 is 17.9 Å². The van der Waals surface area contributed by atoms with Crippen molar-refractivity contribution in [1.82, 2.24) is 0 Å². The number of Topliss-reactive ketones (excluding diaryl/α,β-unsaturated/α-hetero) is 1. The lowest BCUT2D eigenvalue weighted by atomic mass is 9.45. The van der Waals surface area contributed by atoms with Gasteiger partial charge in [-0.05, 0) is 67.8 Å². The molecule has 4 nitrogen and oxygen atoms in total. The predicted octanol–water partition coefficient (Wildman–Crippen LogP) is 3.26. The number of aliphatic hydroxyl groups excluding tert-OH is 1. The summed E-state index contributed by atoms with van der Waals surface area (Å²) in [4.78, 5) is 36.8. The number of hydrogen-bond acceptors (Lipinski definition) is 4. The van der Waals surface area contributed by atoms with Crippen molar-refractivity contribution in [2.45, 2.75) is 71.3 Å². The Kier molecular flexibility index (Phi) is 4.26. The van der Waals surface area contributed by atoms with Gasteiger partial charge < -0.3 is 9.90 Å². The van der Waals surface area contributed by atoms with Crippen molar-refractivity contribution in [3.63, 3.8) is 0 Å². The minimum absolute atomic E-state index is 0.101. The van der Waals surface area contributed by atoms with Crippen molar-refractivity contribution in [2.75, 3.05) is 0 Å². The molecule has 0 saturated heterocycles. The lowest BCUT2D eigenvalue weighted by molar-refractivity contribution is -0.156. The molecule has 0 amide bonds. The van der Waals surface area contributed by atoms with Gasteiger partial charge in [-0.25, -0.2) is 0 Å². The second-order valence-electron chi connectivity index (χ2n) is 9.34. The Hall–Kier alpha value is -1.29. The molecule has 0 unspecified atom stereocenters. The molecule has 7 atom stereocenters. The largest absolute Gasteiger partial charge is 0.393 e. The van der Waals surface area contributed by atoms with Crippen LogP contribution < -0.4 is 0 Å². The Labute approximate surface area is 155 Å². The van der Waals surface area contributed by atoms with E-state index < -0.39 is 11.5 Å². The average molecular weight is 358 g/mol. The Morgan fingerprint density at radius 3 is 2.77 bits per heavy atom. The molecule has 4 aliphatic rings. The van der Waals surface area contributed by atoms with E-state index in [0.717, 1.165) is 38.4 Å². The van der Waals surface area contributed by atoms with E-state index in [2.05, 4.69) is 6.92 Å². The molecule has 0 aromatic rings. The molecule has 0 radical (unpaired) electrons. The van der Waals surface area contributed by atoms with E-state index in [-0.39, 0.29) is 40.7 Å². The molecule has 142 valence electrons. The number of carbonyl (C=O) groups excluding carboxylic acids is 3. The van der Waals surface area contributed by atoms with Crippen molar-refractivity contribution in [1.29, 1.82) is 0 Å². The zero-order valence-corrected chi connectivity index (χ0v) is 15.9. The van der Waals surface area contributed by atoms with E-state index >= 15 is 0 Å². The Morgan fingerprint density at radius 1 is 1.31 bits per heavy atom. The maximum atomic E-state index is 12.5. The Balaban J connectivity index is 1.74. The molecule has 3 saturated carbocycles. The Bertz CT molecular complexity index is 680. The zero-order valence-electron chi connectivity index (χ0n) is 15.9. The minimum Gasteiger partial charge on any atom is -0.393 e. The molecule has 4 rings (SSSR count). The highest BCUT2D eigenvalue weighted by molar-refractivity contribution is 5.91. The molecule has 0 bridgehead atoms. The topological polar surface area (TPSA) is 71.4 Å².